The maximum atomic E-state index is 9.31. The molecule has 15 heavy (non-hydrogen) atoms. The van der Waals surface area contributed by atoms with Gasteiger partial charge in [0.2, 0.25) is 0 Å². The Kier molecular flexibility index (Phi) is 12.2. The van der Waals surface area contributed by atoms with E-state index < -0.39 is 23.9 Å². The van der Waals surface area contributed by atoms with Gasteiger partial charge in [-0.05, 0) is 0 Å². The van der Waals surface area contributed by atoms with Gasteiger partial charge < -0.3 is 40.1 Å². The average Bonchev–Trinajstić information content (AvgIpc) is 2.15. The number of hydrogen-bond donors (Lipinski definition) is 0. The molecule has 0 bridgehead atoms. The number of carboxylic acids is 2. The molecule has 10 nitrogen and oxygen atoms in total. The number of aliphatic carboxylic acids is 2. The fourth-order valence-electron chi connectivity index (χ4n) is 0.0680. The van der Waals surface area contributed by atoms with Crippen molar-refractivity contribution in [2.24, 2.45) is 0 Å². The van der Waals surface area contributed by atoms with Crippen molar-refractivity contribution in [1.29, 1.82) is 0 Å². The Bertz CT molecular complexity index is 216. The number of hydrogen-bond acceptors (Lipinski definition) is 10. The largest absolute Gasteiger partial charge is 4.00 e. The molecule has 0 amide bonds. The van der Waals surface area contributed by atoms with Crippen LogP contribution in [0, 0.1) is 7.43 Å². The van der Waals surface area contributed by atoms with E-state index in [-0.39, 0.29) is 7.43 Å². The van der Waals surface area contributed by atoms with Gasteiger partial charge in [0.1, 0.15) is 0 Å². The molecule has 0 saturated heterocycles. The van der Waals surface area contributed by atoms with Gasteiger partial charge in [0.05, 0.1) is 0 Å². The molecule has 0 radical (unpaired) electrons. The summed E-state index contributed by atoms with van der Waals surface area (Å²) in [5, 5.41) is 35.9. The van der Waals surface area contributed by atoms with Crippen molar-refractivity contribution in [2.45, 2.75) is 0 Å². The molecule has 0 heterocycles. The van der Waals surface area contributed by atoms with Crippen molar-refractivity contribution in [3.8, 4) is 0 Å². The summed E-state index contributed by atoms with van der Waals surface area (Å²) in [6, 6.07) is 0. The summed E-state index contributed by atoms with van der Waals surface area (Å²) in [5.74, 6) is -8.06. The number of rotatable bonds is 0. The second kappa shape index (κ2) is 9.88. The van der Waals surface area contributed by atoms with Gasteiger partial charge in [-0.1, -0.05) is 0 Å². The van der Waals surface area contributed by atoms with Crippen LogP contribution in [-0.2, 0) is 29.0 Å². The first-order valence-electron chi connectivity index (χ1n) is 2.47. The molecule has 0 spiro atoms. The van der Waals surface area contributed by atoms with Gasteiger partial charge in [0.15, 0.2) is 11.9 Å². The topological polar surface area (TPSA) is 179 Å². The van der Waals surface area contributed by atoms with E-state index in [4.69, 9.17) is 30.3 Å². The van der Waals surface area contributed by atoms with Crippen LogP contribution in [0.1, 0.15) is 0 Å². The quantitative estimate of drug-likeness (QED) is 0.216. The third-order valence-corrected chi connectivity index (χ3v) is 0.485. The molecule has 0 aromatic heterocycles. The van der Waals surface area contributed by atoms with E-state index >= 15 is 0 Å². The van der Waals surface area contributed by atoms with Gasteiger partial charge in [0.25, 0.3) is 0 Å². The monoisotopic (exact) mass is 220 g/mol. The van der Waals surface area contributed by atoms with E-state index in [1.807, 2.05) is 0 Å². The molecule has 0 aliphatic rings. The summed E-state index contributed by atoms with van der Waals surface area (Å²) < 4.78 is 0. The second-order valence-corrected chi connectivity index (χ2v) is 1.32. The third kappa shape index (κ3) is 11.8. The van der Waals surface area contributed by atoms with Crippen LogP contribution >= 0.6 is 0 Å². The van der Waals surface area contributed by atoms with Crippen molar-refractivity contribution in [3.63, 3.8) is 0 Å². The van der Waals surface area contributed by atoms with Crippen LogP contribution in [0.25, 0.3) is 0 Å². The molecule has 0 saturated carbocycles. The van der Waals surface area contributed by atoms with Gasteiger partial charge >= 0.3 is 19.4 Å². The predicted octanol–water partition coefficient (Wildman–Crippen LogP) is -6.81. The van der Waals surface area contributed by atoms with Crippen LogP contribution < -0.4 is 20.7 Å². The molecule has 0 aliphatic heterocycles. The average molecular weight is 220 g/mol. The molecule has 0 aromatic carbocycles. The first-order valence-corrected chi connectivity index (χ1v) is 2.47. The van der Waals surface area contributed by atoms with Gasteiger partial charge in [-0.15, -0.1) is 0 Å². The molecular weight excluding hydrogens is 220 g/mol. The van der Waals surface area contributed by atoms with Crippen molar-refractivity contribution in [3.05, 3.63) is 7.43 Å². The summed E-state index contributed by atoms with van der Waals surface area (Å²) in [7, 11) is 0. The van der Waals surface area contributed by atoms with Crippen LogP contribution in [0.3, 0.4) is 0 Å². The third-order valence-electron chi connectivity index (χ3n) is 0.485. The Hall–Kier alpha value is -2.20. The van der Waals surface area contributed by atoms with Crippen LogP contribution in [0.4, 0.5) is 0 Å². The molecule has 0 fully saturated rings. The van der Waals surface area contributed by atoms with Crippen LogP contribution in [0.5, 0.6) is 0 Å². The molecule has 0 atom stereocenters. The number of carbonyl (C=O) groups is 4. The first-order chi connectivity index (χ1) is 6.36. The predicted molar refractivity (Wildman–Crippen MR) is 25.4 cm³/mol. The summed E-state index contributed by atoms with van der Waals surface area (Å²) in [6.45, 7) is 0. The first kappa shape index (κ1) is 18.6. The zero-order valence-corrected chi connectivity index (χ0v) is 6.58. The second-order valence-electron chi connectivity index (χ2n) is 1.32. The smallest absolute Gasteiger partial charge is 0.661 e. The SMILES string of the molecule is O=C([O-])C(=O)O[O-].O=C([O-])C(=O)O[O-].[C+4]. The van der Waals surface area contributed by atoms with Crippen molar-refractivity contribution < 1.29 is 49.7 Å². The van der Waals surface area contributed by atoms with Crippen molar-refractivity contribution in [1.82, 2.24) is 0 Å². The number of carbonyl (C=O) groups excluding carboxylic acids is 4. The summed E-state index contributed by atoms with van der Waals surface area (Å²) in [6.07, 6.45) is 0. The maximum absolute atomic E-state index is 9.31. The Morgan fingerprint density at radius 2 is 0.933 bits per heavy atom. The van der Waals surface area contributed by atoms with Crippen LogP contribution in [0.2, 0.25) is 0 Å². The fourth-order valence-corrected chi connectivity index (χ4v) is 0.0680. The van der Waals surface area contributed by atoms with Gasteiger partial charge in [0, 0.05) is 0 Å². The minimum atomic E-state index is -2.13. The van der Waals surface area contributed by atoms with E-state index in [0.29, 0.717) is 0 Å². The zero-order chi connectivity index (χ0) is 11.7. The molecule has 0 aromatic rings. The summed E-state index contributed by atoms with van der Waals surface area (Å²) in [4.78, 5) is 41.8. The Balaban J connectivity index is -0.000000180. The molecule has 0 aliphatic carbocycles. The van der Waals surface area contributed by atoms with Gasteiger partial charge in [-0.25, -0.2) is 9.59 Å². The zero-order valence-electron chi connectivity index (χ0n) is 6.58. The minimum Gasteiger partial charge on any atom is -0.661 e. The molecule has 0 N–H and O–H groups in total. The van der Waals surface area contributed by atoms with E-state index in [1.165, 1.54) is 0 Å². The van der Waals surface area contributed by atoms with Crippen molar-refractivity contribution in [2.75, 3.05) is 0 Å². The van der Waals surface area contributed by atoms with E-state index in [0.717, 1.165) is 0 Å². The van der Waals surface area contributed by atoms with Crippen LogP contribution in [0.15, 0.2) is 0 Å². The van der Waals surface area contributed by atoms with Gasteiger partial charge in [-0.3, -0.25) is 0 Å². The molecule has 0 unspecified atom stereocenters. The standard InChI is InChI=1S/2C2H2O5.C/c2*3-1(4)2(5)7-6;/h2*6H,(H,3,4);/q;;+4/p-4. The Labute approximate surface area is 82.1 Å². The maximum Gasteiger partial charge on any atom is 4.00 e. The Morgan fingerprint density at radius 3 is 0.933 bits per heavy atom. The van der Waals surface area contributed by atoms with E-state index in [2.05, 4.69) is 9.78 Å². The molecular formula is C5O10. The summed E-state index contributed by atoms with van der Waals surface area (Å²) >= 11 is 0. The summed E-state index contributed by atoms with van der Waals surface area (Å²) in [5.41, 5.74) is 0. The molecule has 80 valence electrons. The fraction of sp³-hybridized carbons (Fsp3) is 0. The number of carboxylic acid groups (broad SMARTS) is 2. The molecule has 10 heteroatoms. The Morgan fingerprint density at radius 1 is 0.733 bits per heavy atom. The minimum absolute atomic E-state index is 0. The normalized spacial score (nSPS) is 7.07. The van der Waals surface area contributed by atoms with E-state index in [1.54, 1.807) is 0 Å². The van der Waals surface area contributed by atoms with Crippen LogP contribution in [-0.4, -0.2) is 23.9 Å². The van der Waals surface area contributed by atoms with Crippen molar-refractivity contribution >= 4 is 23.9 Å². The van der Waals surface area contributed by atoms with E-state index in [9.17, 15) is 9.59 Å². The molecule has 0 rings (SSSR count). The van der Waals surface area contributed by atoms with Gasteiger partial charge in [-0.2, -0.15) is 0 Å².